The van der Waals surface area contributed by atoms with E-state index < -0.39 is 0 Å². The standard InChI is InChI=1S/C10H15N3O/c1-8-6-9(12-11-8)7-13-4-2-10(14)3-5-13/h6H,2-5,7H2,1H3,(H,11,12). The van der Waals surface area contributed by atoms with Crippen molar-refractivity contribution in [2.24, 2.45) is 0 Å². The summed E-state index contributed by atoms with van der Waals surface area (Å²) in [5.74, 6) is 0.388. The first-order chi connectivity index (χ1) is 6.74. The molecule has 1 aromatic heterocycles. The topological polar surface area (TPSA) is 49.0 Å². The molecule has 0 saturated carbocycles. The van der Waals surface area contributed by atoms with E-state index in [1.165, 1.54) is 0 Å². The van der Waals surface area contributed by atoms with E-state index in [4.69, 9.17) is 0 Å². The van der Waals surface area contributed by atoms with Crippen molar-refractivity contribution in [1.29, 1.82) is 0 Å². The Balaban J connectivity index is 1.89. The third kappa shape index (κ3) is 2.20. The maximum atomic E-state index is 11.0. The monoisotopic (exact) mass is 193 g/mol. The summed E-state index contributed by atoms with van der Waals surface area (Å²) in [5, 5.41) is 7.10. The molecule has 1 saturated heterocycles. The number of hydrogen-bond acceptors (Lipinski definition) is 3. The van der Waals surface area contributed by atoms with Gasteiger partial charge < -0.3 is 0 Å². The molecule has 0 spiro atoms. The minimum atomic E-state index is 0.388. The van der Waals surface area contributed by atoms with Crippen LogP contribution in [-0.2, 0) is 11.3 Å². The second-order valence-electron chi connectivity index (χ2n) is 3.86. The number of aromatic amines is 1. The number of rotatable bonds is 2. The lowest BCUT2D eigenvalue weighted by atomic mass is 10.1. The number of likely N-dealkylation sites (tertiary alicyclic amines) is 1. The summed E-state index contributed by atoms with van der Waals surface area (Å²) < 4.78 is 0. The summed E-state index contributed by atoms with van der Waals surface area (Å²) in [6.45, 7) is 4.61. The average molecular weight is 193 g/mol. The number of H-pyrrole nitrogens is 1. The molecule has 0 bridgehead atoms. The van der Waals surface area contributed by atoms with E-state index in [9.17, 15) is 4.79 Å². The molecule has 4 heteroatoms. The van der Waals surface area contributed by atoms with E-state index in [-0.39, 0.29) is 0 Å². The molecule has 4 nitrogen and oxygen atoms in total. The fourth-order valence-electron chi connectivity index (χ4n) is 1.75. The smallest absolute Gasteiger partial charge is 0.135 e. The number of ketones is 1. The van der Waals surface area contributed by atoms with Gasteiger partial charge in [0.05, 0.1) is 5.69 Å². The summed E-state index contributed by atoms with van der Waals surface area (Å²) in [4.78, 5) is 13.3. The molecule has 0 amide bonds. The molecule has 0 radical (unpaired) electrons. The fraction of sp³-hybridized carbons (Fsp3) is 0.600. The SMILES string of the molecule is Cc1cc(CN2CCC(=O)CC2)n[nH]1. The molecular weight excluding hydrogens is 178 g/mol. The summed E-state index contributed by atoms with van der Waals surface area (Å²) in [5.41, 5.74) is 2.16. The Morgan fingerprint density at radius 1 is 1.50 bits per heavy atom. The fourth-order valence-corrected chi connectivity index (χ4v) is 1.75. The van der Waals surface area contributed by atoms with Gasteiger partial charge in [0.2, 0.25) is 0 Å². The van der Waals surface area contributed by atoms with Crippen molar-refractivity contribution in [2.45, 2.75) is 26.3 Å². The van der Waals surface area contributed by atoms with Crippen LogP contribution in [0.25, 0.3) is 0 Å². The van der Waals surface area contributed by atoms with Crippen LogP contribution in [0.4, 0.5) is 0 Å². The van der Waals surface area contributed by atoms with E-state index >= 15 is 0 Å². The first-order valence-corrected chi connectivity index (χ1v) is 4.99. The molecule has 1 fully saturated rings. The predicted octanol–water partition coefficient (Wildman–Crippen LogP) is 0.883. The van der Waals surface area contributed by atoms with Gasteiger partial charge in [-0.25, -0.2) is 0 Å². The zero-order valence-electron chi connectivity index (χ0n) is 8.42. The molecule has 2 rings (SSSR count). The summed E-state index contributed by atoms with van der Waals surface area (Å²) in [6, 6.07) is 2.05. The van der Waals surface area contributed by atoms with Crippen LogP contribution < -0.4 is 0 Å². The largest absolute Gasteiger partial charge is 0.300 e. The second kappa shape index (κ2) is 3.92. The van der Waals surface area contributed by atoms with Crippen molar-refractivity contribution < 1.29 is 4.79 Å². The summed E-state index contributed by atoms with van der Waals surface area (Å²) >= 11 is 0. The lowest BCUT2D eigenvalue weighted by Gasteiger charge is -2.24. The molecule has 0 atom stereocenters. The van der Waals surface area contributed by atoms with E-state index in [0.717, 1.165) is 31.0 Å². The third-order valence-corrected chi connectivity index (χ3v) is 2.56. The first-order valence-electron chi connectivity index (χ1n) is 4.99. The molecule has 0 unspecified atom stereocenters. The van der Waals surface area contributed by atoms with Crippen LogP contribution in [0.15, 0.2) is 6.07 Å². The zero-order valence-corrected chi connectivity index (χ0v) is 8.42. The highest BCUT2D eigenvalue weighted by molar-refractivity contribution is 5.79. The number of piperidine rings is 1. The highest BCUT2D eigenvalue weighted by Gasteiger charge is 2.16. The van der Waals surface area contributed by atoms with Gasteiger partial charge in [-0.05, 0) is 13.0 Å². The van der Waals surface area contributed by atoms with Gasteiger partial charge in [0.25, 0.3) is 0 Å². The Kier molecular flexibility index (Phi) is 2.63. The van der Waals surface area contributed by atoms with Gasteiger partial charge in [-0.1, -0.05) is 0 Å². The average Bonchev–Trinajstić information content (AvgIpc) is 2.56. The van der Waals surface area contributed by atoms with Gasteiger partial charge in [-0.2, -0.15) is 5.10 Å². The Morgan fingerprint density at radius 2 is 2.21 bits per heavy atom. The quantitative estimate of drug-likeness (QED) is 0.758. The molecule has 0 aliphatic carbocycles. The zero-order chi connectivity index (χ0) is 9.97. The van der Waals surface area contributed by atoms with Crippen LogP contribution in [0.5, 0.6) is 0 Å². The van der Waals surface area contributed by atoms with Crippen molar-refractivity contribution in [3.8, 4) is 0 Å². The first kappa shape index (κ1) is 9.40. The Morgan fingerprint density at radius 3 is 2.79 bits per heavy atom. The molecule has 76 valence electrons. The van der Waals surface area contributed by atoms with Crippen LogP contribution in [0, 0.1) is 6.92 Å². The Hall–Kier alpha value is -1.16. The number of hydrogen-bond donors (Lipinski definition) is 1. The minimum Gasteiger partial charge on any atom is -0.300 e. The minimum absolute atomic E-state index is 0.388. The molecule has 1 N–H and O–H groups in total. The summed E-state index contributed by atoms with van der Waals surface area (Å²) in [7, 11) is 0. The maximum absolute atomic E-state index is 11.0. The van der Waals surface area contributed by atoms with Gasteiger partial charge in [0, 0.05) is 38.2 Å². The van der Waals surface area contributed by atoms with E-state index in [1.807, 2.05) is 6.92 Å². The molecule has 0 aromatic carbocycles. The molecule has 1 aliphatic rings. The highest BCUT2D eigenvalue weighted by atomic mass is 16.1. The number of carbonyl (C=O) groups excluding carboxylic acids is 1. The van der Waals surface area contributed by atoms with Gasteiger partial charge in [-0.3, -0.25) is 14.8 Å². The number of nitrogens with zero attached hydrogens (tertiary/aromatic N) is 2. The highest BCUT2D eigenvalue weighted by Crippen LogP contribution is 2.09. The maximum Gasteiger partial charge on any atom is 0.135 e. The van der Waals surface area contributed by atoms with Crippen LogP contribution in [0.1, 0.15) is 24.2 Å². The number of aromatic nitrogens is 2. The van der Waals surface area contributed by atoms with Crippen molar-refractivity contribution in [3.63, 3.8) is 0 Å². The van der Waals surface area contributed by atoms with Crippen LogP contribution in [-0.4, -0.2) is 34.0 Å². The number of nitrogens with one attached hydrogen (secondary N) is 1. The van der Waals surface area contributed by atoms with E-state index in [1.54, 1.807) is 0 Å². The lowest BCUT2D eigenvalue weighted by molar-refractivity contribution is -0.121. The van der Waals surface area contributed by atoms with Crippen LogP contribution >= 0.6 is 0 Å². The van der Waals surface area contributed by atoms with Gasteiger partial charge in [-0.15, -0.1) is 0 Å². The summed E-state index contributed by atoms with van der Waals surface area (Å²) in [6.07, 6.45) is 1.40. The number of Topliss-reactive ketones (excluding diaryl/α,β-unsaturated/α-hetero) is 1. The van der Waals surface area contributed by atoms with Gasteiger partial charge >= 0.3 is 0 Å². The van der Waals surface area contributed by atoms with Crippen molar-refractivity contribution in [1.82, 2.24) is 15.1 Å². The Labute approximate surface area is 83.3 Å². The van der Waals surface area contributed by atoms with Crippen molar-refractivity contribution >= 4 is 5.78 Å². The van der Waals surface area contributed by atoms with E-state index in [0.29, 0.717) is 18.6 Å². The molecule has 2 heterocycles. The number of carbonyl (C=O) groups is 1. The predicted molar refractivity (Wildman–Crippen MR) is 52.8 cm³/mol. The number of aryl methyl sites for hydroxylation is 1. The molecule has 1 aromatic rings. The van der Waals surface area contributed by atoms with Gasteiger partial charge in [0.15, 0.2) is 0 Å². The molecule has 14 heavy (non-hydrogen) atoms. The van der Waals surface area contributed by atoms with Crippen molar-refractivity contribution in [3.05, 3.63) is 17.5 Å². The lowest BCUT2D eigenvalue weighted by Crippen LogP contribution is -2.33. The van der Waals surface area contributed by atoms with E-state index in [2.05, 4.69) is 21.2 Å². The Bertz CT molecular complexity index is 322. The molecular formula is C10H15N3O. The van der Waals surface area contributed by atoms with Crippen molar-refractivity contribution in [2.75, 3.05) is 13.1 Å². The molecule has 1 aliphatic heterocycles. The van der Waals surface area contributed by atoms with Gasteiger partial charge in [0.1, 0.15) is 5.78 Å². The van der Waals surface area contributed by atoms with Crippen LogP contribution in [0.2, 0.25) is 0 Å². The normalized spacial score (nSPS) is 18.8. The second-order valence-corrected chi connectivity index (χ2v) is 3.86. The third-order valence-electron chi connectivity index (χ3n) is 2.56. The van der Waals surface area contributed by atoms with Crippen LogP contribution in [0.3, 0.4) is 0 Å².